The minimum atomic E-state index is -0.611. The molecule has 32 heteroatoms. The van der Waals surface area contributed by atoms with Crippen molar-refractivity contribution in [2.24, 2.45) is 0 Å². The summed E-state index contributed by atoms with van der Waals surface area (Å²) in [6.45, 7) is 23.6. The van der Waals surface area contributed by atoms with E-state index in [1.165, 1.54) is 66.7 Å². The van der Waals surface area contributed by atoms with Crippen LogP contribution in [0.15, 0.2) is 306 Å². The molecule has 0 fully saturated rings. The van der Waals surface area contributed by atoms with E-state index in [4.69, 9.17) is 85.8 Å². The van der Waals surface area contributed by atoms with Crippen molar-refractivity contribution in [3.05, 3.63) is 357 Å². The average molecular weight is 1810 g/mol. The standard InChI is InChI=1S/C34H34O10.C31H28O10.C18H13NO5.C18H16O6/c1-4-31(35)40-21-9-7-6-8-20-39-27-14-10-26(11-15-27)34(38)44-30-19-18-29(22-24(30)3)43-33(37)25-12-16-28(17-13-25)41-23-42-32(36)5-2;1-4-28(32)37-18-6-17-36-24-11-7-23(8-12-24)31(35)41-27-16-15-26(19-21(27)3)40-30(34)22-9-13-25(14-10-22)38-20-39-29(33)5-2;1-2-17(20)23-12-22-15-9-5-14(6-10-15)18(21)24-16-7-3-13(11-19)4-8-16;1-3-17(19)23-12-22-15-6-4-13(5-7-15)18(20)24-16-10-8-14(21-2)9-11-16/h4-5,10-19,22H,1-2,6-9,20-21,23H2,3H3;4-5,7-16,19H,1-2,6,17-18,20H2,3H3;2-10H,1,12H2;3-11H,1,12H2,2H3. The normalized spacial score (nSPS) is 9.94. The Morgan fingerprint density at radius 2 is 0.481 bits per heavy atom. The van der Waals surface area contributed by atoms with Crippen LogP contribution >= 0.6 is 0 Å². The van der Waals surface area contributed by atoms with Gasteiger partial charge in [0, 0.05) is 42.9 Å². The van der Waals surface area contributed by atoms with Gasteiger partial charge in [-0.25, -0.2) is 57.5 Å². The minimum Gasteiger partial charge on any atom is -0.497 e. The number of hydrogen-bond acceptors (Lipinski definition) is 32. The van der Waals surface area contributed by atoms with E-state index in [2.05, 4.69) is 48.9 Å². The molecule has 10 rings (SSSR count). The van der Waals surface area contributed by atoms with Crippen molar-refractivity contribution in [1.29, 1.82) is 5.26 Å². The van der Waals surface area contributed by atoms with Crippen molar-refractivity contribution in [3.8, 4) is 80.8 Å². The van der Waals surface area contributed by atoms with Crippen molar-refractivity contribution in [2.75, 3.05) is 60.7 Å². The zero-order valence-corrected chi connectivity index (χ0v) is 72.4. The first-order valence-corrected chi connectivity index (χ1v) is 40.1. The van der Waals surface area contributed by atoms with Crippen LogP contribution in [0.4, 0.5) is 0 Å². The maximum Gasteiger partial charge on any atom is 0.343 e. The number of ether oxygens (including phenoxy) is 19. The van der Waals surface area contributed by atoms with Gasteiger partial charge in [0.05, 0.1) is 78.6 Å². The van der Waals surface area contributed by atoms with Gasteiger partial charge in [0.25, 0.3) is 0 Å². The van der Waals surface area contributed by atoms with Crippen LogP contribution < -0.4 is 61.6 Å². The Bertz CT molecular complexity index is 5690. The Morgan fingerprint density at radius 3 is 0.759 bits per heavy atom. The van der Waals surface area contributed by atoms with Crippen LogP contribution in [0.25, 0.3) is 0 Å². The van der Waals surface area contributed by atoms with Crippen molar-refractivity contribution >= 4 is 71.6 Å². The molecule has 0 radical (unpaired) electrons. The van der Waals surface area contributed by atoms with E-state index in [0.717, 1.165) is 62.1 Å². The van der Waals surface area contributed by atoms with Crippen molar-refractivity contribution in [2.45, 2.75) is 46.0 Å². The molecular formula is C101H91NO31. The predicted molar refractivity (Wildman–Crippen MR) is 478 cm³/mol. The van der Waals surface area contributed by atoms with Crippen molar-refractivity contribution < 1.29 is 148 Å². The van der Waals surface area contributed by atoms with Crippen molar-refractivity contribution in [1.82, 2.24) is 0 Å². The number of nitriles is 1. The molecule has 0 aliphatic rings. The molecule has 0 saturated heterocycles. The van der Waals surface area contributed by atoms with E-state index in [9.17, 15) is 57.5 Å². The molecular weight excluding hydrogens is 1720 g/mol. The third-order valence-electron chi connectivity index (χ3n) is 17.2. The summed E-state index contributed by atoms with van der Waals surface area (Å²) >= 11 is 0. The lowest BCUT2D eigenvalue weighted by Crippen LogP contribution is -2.11. The van der Waals surface area contributed by atoms with Crippen LogP contribution in [-0.4, -0.2) is 132 Å². The van der Waals surface area contributed by atoms with Gasteiger partial charge in [-0.2, -0.15) is 5.26 Å². The zero-order valence-electron chi connectivity index (χ0n) is 72.4. The van der Waals surface area contributed by atoms with Gasteiger partial charge in [-0.3, -0.25) is 0 Å². The van der Waals surface area contributed by atoms with Crippen LogP contribution in [-0.2, 0) is 57.2 Å². The molecule has 0 saturated carbocycles. The van der Waals surface area contributed by atoms with Crippen LogP contribution in [0.5, 0.6) is 74.7 Å². The van der Waals surface area contributed by atoms with Crippen LogP contribution in [0.3, 0.4) is 0 Å². The van der Waals surface area contributed by atoms with E-state index in [0.29, 0.717) is 128 Å². The van der Waals surface area contributed by atoms with Gasteiger partial charge in [0.1, 0.15) is 74.7 Å². The van der Waals surface area contributed by atoms with Crippen LogP contribution in [0.2, 0.25) is 0 Å². The number of benzene rings is 10. The summed E-state index contributed by atoms with van der Waals surface area (Å²) in [6.07, 6.45) is 10.4. The SMILES string of the molecule is C=CC(=O)OCCCCCCOc1ccc(C(=O)Oc2ccc(OC(=O)c3ccc(OCOC(=O)C=C)cc3)cc2C)cc1.C=CC(=O)OCCCOc1ccc(C(=O)Oc2ccc(OC(=O)c3ccc(OCOC(=O)C=C)cc3)cc2C)cc1.C=CC(=O)OCOc1ccc(C(=O)Oc2ccc(C#N)cc2)cc1.C=CC(=O)OCOc1ccc(C(=O)Oc2ccc(OC)cc2)cc1. The molecule has 0 aliphatic heterocycles. The number of hydrogen-bond donors (Lipinski definition) is 0. The summed E-state index contributed by atoms with van der Waals surface area (Å²) in [7, 11) is 1.56. The van der Waals surface area contributed by atoms with Gasteiger partial charge in [-0.05, 0) is 281 Å². The number of nitrogens with zero attached hydrogens (tertiary/aromatic N) is 1. The van der Waals surface area contributed by atoms with E-state index < -0.39 is 71.6 Å². The predicted octanol–water partition coefficient (Wildman–Crippen LogP) is 17.0. The molecule has 0 aromatic heterocycles. The third-order valence-corrected chi connectivity index (χ3v) is 17.2. The first-order valence-electron chi connectivity index (χ1n) is 40.1. The Labute approximate surface area is 764 Å². The van der Waals surface area contributed by atoms with Crippen LogP contribution in [0.1, 0.15) is 111 Å². The first-order chi connectivity index (χ1) is 64.3. The molecule has 0 N–H and O–H groups in total. The monoisotopic (exact) mass is 1810 g/mol. The van der Waals surface area contributed by atoms with Crippen LogP contribution in [0, 0.1) is 25.2 Å². The van der Waals surface area contributed by atoms with Gasteiger partial charge < -0.3 is 90.0 Å². The molecule has 10 aromatic rings. The molecule has 133 heavy (non-hydrogen) atoms. The van der Waals surface area contributed by atoms with Gasteiger partial charge in [0.2, 0.25) is 27.2 Å². The summed E-state index contributed by atoms with van der Waals surface area (Å²) in [5.41, 5.74) is 3.58. The Hall–Kier alpha value is -17.6. The Kier molecular flexibility index (Phi) is 43.5. The molecule has 0 heterocycles. The Morgan fingerprint density at radius 1 is 0.256 bits per heavy atom. The molecule has 0 aliphatic carbocycles. The smallest absolute Gasteiger partial charge is 0.343 e. The molecule has 0 spiro atoms. The highest BCUT2D eigenvalue weighted by Crippen LogP contribution is 2.30. The number of methoxy groups -OCH3 is 1. The topological polar surface area (TPSA) is 404 Å². The second-order valence-electron chi connectivity index (χ2n) is 26.6. The molecule has 0 bridgehead atoms. The lowest BCUT2D eigenvalue weighted by molar-refractivity contribution is -0.145. The molecule has 10 aromatic carbocycles. The summed E-state index contributed by atoms with van der Waals surface area (Å²) < 4.78 is 98.3. The fraction of sp³-hybridized carbons (Fsp3) is 0.158. The molecule has 32 nitrogen and oxygen atoms in total. The molecule has 686 valence electrons. The van der Waals surface area contributed by atoms with E-state index in [-0.39, 0.29) is 56.4 Å². The number of unbranched alkanes of at least 4 members (excludes halogenated alkanes) is 3. The van der Waals surface area contributed by atoms with Gasteiger partial charge >= 0.3 is 71.6 Å². The van der Waals surface area contributed by atoms with Crippen molar-refractivity contribution in [3.63, 3.8) is 0 Å². The van der Waals surface area contributed by atoms with E-state index >= 15 is 0 Å². The maximum absolute atomic E-state index is 12.7. The molecule has 0 unspecified atom stereocenters. The second-order valence-corrected chi connectivity index (χ2v) is 26.6. The fourth-order valence-electron chi connectivity index (χ4n) is 10.3. The summed E-state index contributed by atoms with van der Waals surface area (Å²) in [5, 5.41) is 8.72. The fourth-order valence-corrected chi connectivity index (χ4v) is 10.3. The minimum absolute atomic E-state index is 0.215. The highest BCUT2D eigenvalue weighted by Gasteiger charge is 2.19. The van der Waals surface area contributed by atoms with E-state index in [1.807, 2.05) is 6.07 Å². The first kappa shape index (κ1) is 102. The summed E-state index contributed by atoms with van der Waals surface area (Å²) in [4.78, 5) is 140. The maximum atomic E-state index is 12.7. The van der Waals surface area contributed by atoms with E-state index in [1.54, 1.807) is 185 Å². The average Bonchev–Trinajstić information content (AvgIpc) is 0.835. The van der Waals surface area contributed by atoms with Gasteiger partial charge in [-0.15, -0.1) is 0 Å². The summed E-state index contributed by atoms with van der Waals surface area (Å²) in [6, 6.07) is 61.9. The number of rotatable bonds is 44. The largest absolute Gasteiger partial charge is 0.497 e. The highest BCUT2D eigenvalue weighted by molar-refractivity contribution is 5.95. The second kappa shape index (κ2) is 56.4. The third kappa shape index (κ3) is 37.8. The highest BCUT2D eigenvalue weighted by atomic mass is 16.7. The number of carbonyl (C=O) groups is 12. The lowest BCUT2D eigenvalue weighted by atomic mass is 10.2. The molecule has 0 amide bonds. The number of esters is 12. The summed E-state index contributed by atoms with van der Waals surface area (Å²) in [5.74, 6) is -1.12. The zero-order chi connectivity index (χ0) is 96.1. The molecule has 0 atom stereocenters. The Balaban J connectivity index is 0.000000251. The number of carbonyl (C=O) groups excluding carboxylic acids is 12. The van der Waals surface area contributed by atoms with Gasteiger partial charge in [0.15, 0.2) is 0 Å². The lowest BCUT2D eigenvalue weighted by Gasteiger charge is -2.11. The number of aryl methyl sites for hydroxylation is 2. The van der Waals surface area contributed by atoms with Gasteiger partial charge in [-0.1, -0.05) is 39.5 Å². The quantitative estimate of drug-likeness (QED) is 0.00854.